The van der Waals surface area contributed by atoms with Gasteiger partial charge in [0.2, 0.25) is 11.8 Å². The van der Waals surface area contributed by atoms with Crippen LogP contribution in [0.3, 0.4) is 0 Å². The van der Waals surface area contributed by atoms with Gasteiger partial charge in [0.15, 0.2) is 0 Å². The van der Waals surface area contributed by atoms with E-state index in [-0.39, 0.29) is 11.8 Å². The van der Waals surface area contributed by atoms with E-state index in [2.05, 4.69) is 16.3 Å². The summed E-state index contributed by atoms with van der Waals surface area (Å²) in [6, 6.07) is 8.09. The van der Waals surface area contributed by atoms with Crippen molar-refractivity contribution in [3.8, 4) is 0 Å². The lowest BCUT2D eigenvalue weighted by molar-refractivity contribution is -0.130. The summed E-state index contributed by atoms with van der Waals surface area (Å²) in [7, 11) is 4.02. The molecule has 0 spiro atoms. The van der Waals surface area contributed by atoms with E-state index in [4.69, 9.17) is 0 Å². The van der Waals surface area contributed by atoms with Gasteiger partial charge in [-0.1, -0.05) is 29.8 Å². The van der Waals surface area contributed by atoms with Gasteiger partial charge in [-0.05, 0) is 39.5 Å². The van der Waals surface area contributed by atoms with E-state index in [1.165, 1.54) is 5.56 Å². The number of aryl methyl sites for hydroxylation is 1. The van der Waals surface area contributed by atoms with Crippen LogP contribution in [0.2, 0.25) is 0 Å². The van der Waals surface area contributed by atoms with Crippen LogP contribution in [0, 0.1) is 6.92 Å². The van der Waals surface area contributed by atoms with E-state index in [1.54, 1.807) is 11.8 Å². The largest absolute Gasteiger partial charge is 0.356 e. The van der Waals surface area contributed by atoms with Crippen molar-refractivity contribution in [3.05, 3.63) is 35.4 Å². The summed E-state index contributed by atoms with van der Waals surface area (Å²) < 4.78 is 0. The molecule has 1 aromatic carbocycles. The summed E-state index contributed by atoms with van der Waals surface area (Å²) in [5.74, 6) is -0.00818. The zero-order valence-electron chi connectivity index (χ0n) is 14.8. The minimum absolute atomic E-state index is 0.000696. The van der Waals surface area contributed by atoms with E-state index < -0.39 is 0 Å². The molecule has 0 unspecified atom stereocenters. The Labute approximate surface area is 139 Å². The molecule has 0 radical (unpaired) electrons. The number of carbonyl (C=O) groups excluding carboxylic acids is 2. The first-order chi connectivity index (χ1) is 10.9. The predicted molar refractivity (Wildman–Crippen MR) is 93.1 cm³/mol. The van der Waals surface area contributed by atoms with Crippen molar-refractivity contribution in [1.82, 2.24) is 15.1 Å². The number of benzene rings is 1. The summed E-state index contributed by atoms with van der Waals surface area (Å²) in [6.45, 7) is 6.20. The maximum absolute atomic E-state index is 11.9. The first-order valence-electron chi connectivity index (χ1n) is 8.11. The lowest BCUT2D eigenvalue weighted by Crippen LogP contribution is -2.34. The van der Waals surface area contributed by atoms with Crippen LogP contribution >= 0.6 is 0 Å². The standard InChI is InChI=1S/C18H29N3O2/c1-15-7-5-8-17(13-15)14-21(16(2)22)12-9-18(23)19-10-6-11-20(3)4/h5,7-8,13H,6,9-12,14H2,1-4H3,(H,19,23). The first-order valence-corrected chi connectivity index (χ1v) is 8.11. The highest BCUT2D eigenvalue weighted by atomic mass is 16.2. The molecule has 0 aliphatic heterocycles. The maximum atomic E-state index is 11.9. The maximum Gasteiger partial charge on any atom is 0.221 e. The number of carbonyl (C=O) groups is 2. The molecule has 0 saturated heterocycles. The fourth-order valence-electron chi connectivity index (χ4n) is 2.33. The number of nitrogens with zero attached hydrogens (tertiary/aromatic N) is 2. The molecule has 5 heteroatoms. The summed E-state index contributed by atoms with van der Waals surface area (Å²) >= 11 is 0. The normalized spacial score (nSPS) is 10.7. The minimum Gasteiger partial charge on any atom is -0.356 e. The van der Waals surface area contributed by atoms with Crippen LogP contribution in [0.1, 0.15) is 30.9 Å². The van der Waals surface area contributed by atoms with Crippen molar-refractivity contribution in [2.45, 2.75) is 33.2 Å². The molecule has 0 fully saturated rings. The van der Waals surface area contributed by atoms with Gasteiger partial charge in [-0.2, -0.15) is 0 Å². The highest BCUT2D eigenvalue weighted by Crippen LogP contribution is 2.08. The average Bonchev–Trinajstić information content (AvgIpc) is 2.47. The Morgan fingerprint density at radius 3 is 2.52 bits per heavy atom. The molecule has 5 nitrogen and oxygen atoms in total. The van der Waals surface area contributed by atoms with Gasteiger partial charge >= 0.3 is 0 Å². The van der Waals surface area contributed by atoms with Crippen molar-refractivity contribution in [2.75, 3.05) is 33.7 Å². The second kappa shape index (κ2) is 10.0. The Hall–Kier alpha value is -1.88. The second-order valence-corrected chi connectivity index (χ2v) is 6.19. The van der Waals surface area contributed by atoms with Gasteiger partial charge < -0.3 is 15.1 Å². The van der Waals surface area contributed by atoms with Gasteiger partial charge in [0.25, 0.3) is 0 Å². The Morgan fingerprint density at radius 1 is 1.17 bits per heavy atom. The Balaban J connectivity index is 2.38. The Kier molecular flexibility index (Phi) is 8.33. The van der Waals surface area contributed by atoms with Crippen LogP contribution in [0.25, 0.3) is 0 Å². The fraction of sp³-hybridized carbons (Fsp3) is 0.556. The summed E-state index contributed by atoms with van der Waals surface area (Å²) in [4.78, 5) is 27.4. The highest BCUT2D eigenvalue weighted by Gasteiger charge is 2.11. The van der Waals surface area contributed by atoms with E-state index in [0.29, 0.717) is 26.1 Å². The molecular formula is C18H29N3O2. The molecular weight excluding hydrogens is 290 g/mol. The van der Waals surface area contributed by atoms with Crippen molar-refractivity contribution in [2.24, 2.45) is 0 Å². The highest BCUT2D eigenvalue weighted by molar-refractivity contribution is 5.78. The number of amides is 2. The predicted octanol–water partition coefficient (Wildman–Crippen LogP) is 1.80. The monoisotopic (exact) mass is 319 g/mol. The number of hydrogen-bond donors (Lipinski definition) is 1. The quantitative estimate of drug-likeness (QED) is 0.706. The molecule has 128 valence electrons. The molecule has 23 heavy (non-hydrogen) atoms. The van der Waals surface area contributed by atoms with Gasteiger partial charge in [-0.25, -0.2) is 0 Å². The van der Waals surface area contributed by atoms with E-state index in [9.17, 15) is 9.59 Å². The zero-order chi connectivity index (χ0) is 17.2. The lowest BCUT2D eigenvalue weighted by atomic mass is 10.1. The molecule has 0 heterocycles. The molecule has 0 aliphatic rings. The van der Waals surface area contributed by atoms with Gasteiger partial charge in [0.1, 0.15) is 0 Å². The molecule has 1 rings (SSSR count). The van der Waals surface area contributed by atoms with Gasteiger partial charge in [-0.3, -0.25) is 9.59 Å². The number of nitrogens with one attached hydrogen (secondary N) is 1. The third-order valence-electron chi connectivity index (χ3n) is 3.61. The van der Waals surface area contributed by atoms with Gasteiger partial charge in [-0.15, -0.1) is 0 Å². The lowest BCUT2D eigenvalue weighted by Gasteiger charge is -2.21. The summed E-state index contributed by atoms with van der Waals surface area (Å²) in [5.41, 5.74) is 2.26. The average molecular weight is 319 g/mol. The molecule has 0 bridgehead atoms. The SMILES string of the molecule is CC(=O)N(CCC(=O)NCCCN(C)C)Cc1cccc(C)c1. The van der Waals surface area contributed by atoms with Crippen LogP contribution in [0.4, 0.5) is 0 Å². The number of hydrogen-bond acceptors (Lipinski definition) is 3. The van der Waals surface area contributed by atoms with E-state index in [0.717, 1.165) is 18.5 Å². The summed E-state index contributed by atoms with van der Waals surface area (Å²) in [5, 5.41) is 2.90. The topological polar surface area (TPSA) is 52.7 Å². The smallest absolute Gasteiger partial charge is 0.221 e. The zero-order valence-corrected chi connectivity index (χ0v) is 14.8. The third kappa shape index (κ3) is 8.35. The molecule has 0 aromatic heterocycles. The minimum atomic E-state index is -0.00749. The fourth-order valence-corrected chi connectivity index (χ4v) is 2.33. The molecule has 2 amide bonds. The van der Waals surface area contributed by atoms with Crippen LogP contribution in [-0.4, -0.2) is 55.3 Å². The van der Waals surface area contributed by atoms with Gasteiger partial charge in [0, 0.05) is 33.0 Å². The molecule has 1 N–H and O–H groups in total. The molecule has 0 atom stereocenters. The number of rotatable bonds is 9. The van der Waals surface area contributed by atoms with Crippen molar-refractivity contribution < 1.29 is 9.59 Å². The van der Waals surface area contributed by atoms with Crippen LogP contribution < -0.4 is 5.32 Å². The van der Waals surface area contributed by atoms with Crippen LogP contribution in [-0.2, 0) is 16.1 Å². The summed E-state index contributed by atoms with van der Waals surface area (Å²) in [6.07, 6.45) is 1.27. The van der Waals surface area contributed by atoms with Crippen molar-refractivity contribution >= 4 is 11.8 Å². The third-order valence-corrected chi connectivity index (χ3v) is 3.61. The molecule has 1 aromatic rings. The van der Waals surface area contributed by atoms with Crippen molar-refractivity contribution in [1.29, 1.82) is 0 Å². The van der Waals surface area contributed by atoms with Gasteiger partial charge in [0.05, 0.1) is 0 Å². The van der Waals surface area contributed by atoms with Crippen LogP contribution in [0.15, 0.2) is 24.3 Å². The molecule has 0 saturated carbocycles. The van der Waals surface area contributed by atoms with Crippen LogP contribution in [0.5, 0.6) is 0 Å². The molecule has 0 aliphatic carbocycles. The van der Waals surface area contributed by atoms with E-state index in [1.807, 2.05) is 39.2 Å². The Bertz CT molecular complexity index is 515. The van der Waals surface area contributed by atoms with E-state index >= 15 is 0 Å². The first kappa shape index (κ1) is 19.2. The second-order valence-electron chi connectivity index (χ2n) is 6.19. The van der Waals surface area contributed by atoms with Crippen molar-refractivity contribution in [3.63, 3.8) is 0 Å². The Morgan fingerprint density at radius 2 is 1.91 bits per heavy atom.